The normalized spacial score (nSPS) is 12.7. The van der Waals surface area contributed by atoms with Crippen LogP contribution in [0, 0.1) is 5.92 Å². The Balaban J connectivity index is 2.58. The quantitative estimate of drug-likeness (QED) is 0.796. The first-order valence-corrected chi connectivity index (χ1v) is 6.01. The van der Waals surface area contributed by atoms with Gasteiger partial charge < -0.3 is 10.4 Å². The molecule has 0 spiro atoms. The van der Waals surface area contributed by atoms with Gasteiger partial charge >= 0.3 is 0 Å². The number of para-hydroxylation sites is 1. The third-order valence-electron chi connectivity index (χ3n) is 2.73. The van der Waals surface area contributed by atoms with Gasteiger partial charge in [0.05, 0.1) is 6.04 Å². The van der Waals surface area contributed by atoms with Crippen molar-refractivity contribution in [2.24, 2.45) is 5.92 Å². The maximum atomic E-state index is 11.5. The summed E-state index contributed by atoms with van der Waals surface area (Å²) in [5.41, 5.74) is 0.822. The molecule has 0 saturated heterocycles. The molecule has 2 N–H and O–H groups in total. The van der Waals surface area contributed by atoms with Crippen LogP contribution in [0.25, 0.3) is 0 Å². The van der Waals surface area contributed by atoms with Crippen LogP contribution in [0.15, 0.2) is 24.3 Å². The number of benzene rings is 1. The van der Waals surface area contributed by atoms with E-state index in [9.17, 15) is 9.90 Å². The smallest absolute Gasteiger partial charge is 0.146 e. The van der Waals surface area contributed by atoms with Crippen molar-refractivity contribution in [1.29, 1.82) is 0 Å². The van der Waals surface area contributed by atoms with Gasteiger partial charge in [0, 0.05) is 12.1 Å². The summed E-state index contributed by atoms with van der Waals surface area (Å²) in [4.78, 5) is 11.5. The van der Waals surface area contributed by atoms with Crippen molar-refractivity contribution in [3.63, 3.8) is 0 Å². The molecule has 0 amide bonds. The minimum absolute atomic E-state index is 0.130. The van der Waals surface area contributed by atoms with Crippen molar-refractivity contribution >= 4 is 5.78 Å². The zero-order valence-corrected chi connectivity index (χ0v) is 10.7. The van der Waals surface area contributed by atoms with E-state index in [1.807, 2.05) is 12.1 Å². The van der Waals surface area contributed by atoms with Crippen molar-refractivity contribution in [2.45, 2.75) is 39.8 Å². The Morgan fingerprint density at radius 3 is 2.53 bits per heavy atom. The lowest BCUT2D eigenvalue weighted by Gasteiger charge is -2.18. The van der Waals surface area contributed by atoms with E-state index in [-0.39, 0.29) is 17.6 Å². The van der Waals surface area contributed by atoms with Crippen LogP contribution in [0.5, 0.6) is 5.75 Å². The minimum Gasteiger partial charge on any atom is -0.508 e. The predicted molar refractivity (Wildman–Crippen MR) is 68.9 cm³/mol. The molecule has 0 radical (unpaired) electrons. The number of phenolic OH excluding ortho intramolecular Hbond substituents is 1. The molecule has 0 saturated carbocycles. The second-order valence-corrected chi connectivity index (χ2v) is 4.80. The first-order valence-electron chi connectivity index (χ1n) is 6.01. The van der Waals surface area contributed by atoms with Crippen molar-refractivity contribution in [3.8, 4) is 5.75 Å². The standard InChI is InChI=1S/C14H21NO2/c1-10(2)8-13(11(3)16)15-9-12-6-4-5-7-14(12)17/h4-7,10,13,15,17H,8-9H2,1-3H3/t13-/m1/s1. The molecule has 0 aliphatic heterocycles. The molecule has 94 valence electrons. The molecule has 3 nitrogen and oxygen atoms in total. The van der Waals surface area contributed by atoms with Gasteiger partial charge in [-0.25, -0.2) is 0 Å². The van der Waals surface area contributed by atoms with E-state index in [4.69, 9.17) is 0 Å². The maximum Gasteiger partial charge on any atom is 0.146 e. The van der Waals surface area contributed by atoms with Gasteiger partial charge in [-0.3, -0.25) is 4.79 Å². The van der Waals surface area contributed by atoms with Crippen molar-refractivity contribution in [2.75, 3.05) is 0 Å². The monoisotopic (exact) mass is 235 g/mol. The van der Waals surface area contributed by atoms with Gasteiger partial charge in [0.25, 0.3) is 0 Å². The fourth-order valence-electron chi connectivity index (χ4n) is 1.76. The lowest BCUT2D eigenvalue weighted by molar-refractivity contribution is -0.119. The molecular weight excluding hydrogens is 214 g/mol. The number of carbonyl (C=O) groups is 1. The van der Waals surface area contributed by atoms with E-state index >= 15 is 0 Å². The van der Waals surface area contributed by atoms with Gasteiger partial charge in [0.15, 0.2) is 0 Å². The molecular formula is C14H21NO2. The van der Waals surface area contributed by atoms with Gasteiger partial charge in [-0.05, 0) is 25.3 Å². The molecule has 0 heterocycles. The molecule has 0 aromatic heterocycles. The molecule has 0 bridgehead atoms. The number of carbonyl (C=O) groups excluding carboxylic acids is 1. The zero-order chi connectivity index (χ0) is 12.8. The van der Waals surface area contributed by atoms with Crippen LogP contribution < -0.4 is 5.32 Å². The van der Waals surface area contributed by atoms with Crippen LogP contribution in [-0.2, 0) is 11.3 Å². The number of hydrogen-bond acceptors (Lipinski definition) is 3. The molecule has 0 aliphatic carbocycles. The molecule has 0 fully saturated rings. The molecule has 0 unspecified atom stereocenters. The molecule has 17 heavy (non-hydrogen) atoms. The van der Waals surface area contributed by atoms with E-state index < -0.39 is 0 Å². The number of Topliss-reactive ketones (excluding diaryl/α,β-unsaturated/α-hetero) is 1. The summed E-state index contributed by atoms with van der Waals surface area (Å²) in [6.07, 6.45) is 0.822. The minimum atomic E-state index is -0.130. The Morgan fingerprint density at radius 2 is 2.00 bits per heavy atom. The molecule has 0 aliphatic rings. The Bertz CT molecular complexity index is 374. The Hall–Kier alpha value is -1.35. The second kappa shape index (κ2) is 6.40. The fourth-order valence-corrected chi connectivity index (χ4v) is 1.76. The number of ketones is 1. The first kappa shape index (κ1) is 13.7. The van der Waals surface area contributed by atoms with Crippen LogP contribution in [0.4, 0.5) is 0 Å². The van der Waals surface area contributed by atoms with Crippen molar-refractivity contribution < 1.29 is 9.90 Å². The van der Waals surface area contributed by atoms with Crippen LogP contribution in [0.3, 0.4) is 0 Å². The van der Waals surface area contributed by atoms with Crippen LogP contribution in [-0.4, -0.2) is 16.9 Å². The highest BCUT2D eigenvalue weighted by molar-refractivity contribution is 5.81. The summed E-state index contributed by atoms with van der Waals surface area (Å²) in [6.45, 7) is 6.31. The van der Waals surface area contributed by atoms with Crippen LogP contribution in [0.1, 0.15) is 32.8 Å². The average molecular weight is 235 g/mol. The number of rotatable bonds is 6. The third-order valence-corrected chi connectivity index (χ3v) is 2.73. The third kappa shape index (κ3) is 4.57. The van der Waals surface area contributed by atoms with Gasteiger partial charge in [0.2, 0.25) is 0 Å². The molecule has 3 heteroatoms. The Labute approximate surface area is 103 Å². The highest BCUT2D eigenvalue weighted by Crippen LogP contribution is 2.16. The average Bonchev–Trinajstić information content (AvgIpc) is 2.25. The van der Waals surface area contributed by atoms with Gasteiger partial charge in [0.1, 0.15) is 11.5 Å². The highest BCUT2D eigenvalue weighted by Gasteiger charge is 2.15. The predicted octanol–water partition coefficient (Wildman–Crippen LogP) is 2.49. The van der Waals surface area contributed by atoms with Crippen molar-refractivity contribution in [3.05, 3.63) is 29.8 Å². The number of phenols is 1. The summed E-state index contributed by atoms with van der Waals surface area (Å²) < 4.78 is 0. The molecule has 1 atom stereocenters. The number of nitrogens with one attached hydrogen (secondary N) is 1. The van der Waals surface area contributed by atoms with Crippen molar-refractivity contribution in [1.82, 2.24) is 5.32 Å². The summed E-state index contributed by atoms with van der Waals surface area (Å²) in [6, 6.07) is 7.05. The molecule has 1 aromatic rings. The van der Waals surface area contributed by atoms with Crippen LogP contribution >= 0.6 is 0 Å². The highest BCUT2D eigenvalue weighted by atomic mass is 16.3. The maximum absolute atomic E-state index is 11.5. The lowest BCUT2D eigenvalue weighted by atomic mass is 10.0. The van der Waals surface area contributed by atoms with Gasteiger partial charge in [-0.2, -0.15) is 0 Å². The lowest BCUT2D eigenvalue weighted by Crippen LogP contribution is -2.36. The summed E-state index contributed by atoms with van der Waals surface area (Å²) >= 11 is 0. The van der Waals surface area contributed by atoms with Crippen LogP contribution in [0.2, 0.25) is 0 Å². The van der Waals surface area contributed by atoms with Gasteiger partial charge in [-0.15, -0.1) is 0 Å². The summed E-state index contributed by atoms with van der Waals surface area (Å²) in [5, 5.41) is 12.8. The summed E-state index contributed by atoms with van der Waals surface area (Å²) in [5.74, 6) is 0.891. The first-order chi connectivity index (χ1) is 8.00. The van der Waals surface area contributed by atoms with Gasteiger partial charge in [-0.1, -0.05) is 32.0 Å². The topological polar surface area (TPSA) is 49.3 Å². The number of aromatic hydroxyl groups is 1. The van der Waals surface area contributed by atoms with E-state index in [2.05, 4.69) is 19.2 Å². The SMILES string of the molecule is CC(=O)[C@@H](CC(C)C)NCc1ccccc1O. The molecule has 1 aromatic carbocycles. The van der Waals surface area contributed by atoms with E-state index in [1.165, 1.54) is 0 Å². The summed E-state index contributed by atoms with van der Waals surface area (Å²) in [7, 11) is 0. The van der Waals surface area contributed by atoms with E-state index in [0.29, 0.717) is 12.5 Å². The van der Waals surface area contributed by atoms with E-state index in [1.54, 1.807) is 19.1 Å². The van der Waals surface area contributed by atoms with E-state index in [0.717, 1.165) is 12.0 Å². The Morgan fingerprint density at radius 1 is 1.35 bits per heavy atom. The molecule has 1 rings (SSSR count). The number of hydrogen-bond donors (Lipinski definition) is 2. The fraction of sp³-hybridized carbons (Fsp3) is 0.500. The largest absolute Gasteiger partial charge is 0.508 e. The Kier molecular flexibility index (Phi) is 5.16. The second-order valence-electron chi connectivity index (χ2n) is 4.80. The zero-order valence-electron chi connectivity index (χ0n) is 10.7.